The summed E-state index contributed by atoms with van der Waals surface area (Å²) in [6.45, 7) is 10.3. The molecule has 1 aromatic carbocycles. The van der Waals surface area contributed by atoms with Gasteiger partial charge in [0.1, 0.15) is 0 Å². The highest BCUT2D eigenvalue weighted by molar-refractivity contribution is 14.0. The number of guanidine groups is 1. The zero-order chi connectivity index (χ0) is 18.4. The quantitative estimate of drug-likeness (QED) is 0.351. The Labute approximate surface area is 184 Å². The Hall–Kier alpha value is -1.15. The lowest BCUT2D eigenvalue weighted by Gasteiger charge is -2.21. The minimum Gasteiger partial charge on any atom is -0.357 e. The number of halogens is 1. The van der Waals surface area contributed by atoms with Crippen molar-refractivity contribution in [1.82, 2.24) is 15.2 Å². The summed E-state index contributed by atoms with van der Waals surface area (Å²) in [5, 5.41) is 6.87. The highest BCUT2D eigenvalue weighted by atomic mass is 127. The lowest BCUT2D eigenvalue weighted by Crippen LogP contribution is -2.40. The average Bonchev–Trinajstić information content (AvgIpc) is 3.32. The molecule has 1 atom stereocenters. The topological polar surface area (TPSA) is 40.5 Å². The monoisotopic (exact) mass is 498 g/mol. The Morgan fingerprint density at radius 2 is 2.11 bits per heavy atom. The van der Waals surface area contributed by atoms with Crippen LogP contribution in [0.3, 0.4) is 0 Å². The van der Waals surface area contributed by atoms with E-state index in [4.69, 9.17) is 9.98 Å². The molecule has 0 amide bonds. The molecule has 0 spiro atoms. The summed E-state index contributed by atoms with van der Waals surface area (Å²) in [6, 6.07) is 10.8. The van der Waals surface area contributed by atoms with Gasteiger partial charge in [0.2, 0.25) is 0 Å². The van der Waals surface area contributed by atoms with Crippen LogP contribution < -0.4 is 5.32 Å². The van der Waals surface area contributed by atoms with E-state index in [-0.39, 0.29) is 24.0 Å². The Morgan fingerprint density at radius 3 is 2.78 bits per heavy atom. The fourth-order valence-electron chi connectivity index (χ4n) is 3.35. The van der Waals surface area contributed by atoms with Crippen LogP contribution in [0.5, 0.6) is 0 Å². The lowest BCUT2D eigenvalue weighted by molar-refractivity contribution is 0.486. The van der Waals surface area contributed by atoms with Gasteiger partial charge in [-0.05, 0) is 18.9 Å². The van der Waals surface area contributed by atoms with Crippen molar-refractivity contribution in [3.63, 3.8) is 0 Å². The van der Waals surface area contributed by atoms with E-state index >= 15 is 0 Å². The maximum atomic E-state index is 4.87. The van der Waals surface area contributed by atoms with Crippen molar-refractivity contribution in [1.29, 1.82) is 0 Å². The van der Waals surface area contributed by atoms with E-state index in [1.54, 1.807) is 11.3 Å². The predicted octanol–water partition coefficient (Wildman–Crippen LogP) is 4.88. The zero-order valence-corrected chi connectivity index (χ0v) is 19.7. The number of nitrogens with one attached hydrogen (secondary N) is 1. The molecule has 4 nitrogen and oxygen atoms in total. The molecular formula is C21H31IN4S. The highest BCUT2D eigenvalue weighted by Gasteiger charge is 2.25. The van der Waals surface area contributed by atoms with Gasteiger partial charge in [-0.2, -0.15) is 0 Å². The van der Waals surface area contributed by atoms with Gasteiger partial charge >= 0.3 is 0 Å². The van der Waals surface area contributed by atoms with Crippen LogP contribution in [0.15, 0.2) is 40.7 Å². The van der Waals surface area contributed by atoms with Gasteiger partial charge in [0, 0.05) is 49.8 Å². The van der Waals surface area contributed by atoms with Crippen LogP contribution in [0.25, 0.3) is 0 Å². The molecule has 1 N–H and O–H groups in total. The maximum Gasteiger partial charge on any atom is 0.193 e. The number of likely N-dealkylation sites (tertiary alicyclic amines) is 1. The minimum atomic E-state index is 0. The van der Waals surface area contributed by atoms with E-state index in [0.717, 1.165) is 38.6 Å². The zero-order valence-electron chi connectivity index (χ0n) is 16.5. The summed E-state index contributed by atoms with van der Waals surface area (Å²) in [4.78, 5) is 12.0. The van der Waals surface area contributed by atoms with Crippen LogP contribution in [0, 0.1) is 0 Å². The summed E-state index contributed by atoms with van der Waals surface area (Å²) < 4.78 is 0. The first-order valence-corrected chi connectivity index (χ1v) is 10.6. The standard InChI is InChI=1S/C21H30N4S.HI/c1-4-22-21(23-12-10-19-15-26-20(24-19)16(2)3)25-13-11-18(14-25)17-8-6-5-7-9-17;/h5-9,15-16,18H,4,10-14H2,1-3H3,(H,22,23);1H. The third-order valence-electron chi connectivity index (χ3n) is 4.79. The van der Waals surface area contributed by atoms with Gasteiger partial charge in [-0.1, -0.05) is 44.2 Å². The first-order chi connectivity index (χ1) is 12.7. The molecular weight excluding hydrogens is 467 g/mol. The van der Waals surface area contributed by atoms with Gasteiger partial charge in [0.25, 0.3) is 0 Å². The van der Waals surface area contributed by atoms with E-state index in [0.29, 0.717) is 11.8 Å². The van der Waals surface area contributed by atoms with Crippen molar-refractivity contribution in [3.8, 4) is 0 Å². The molecule has 1 unspecified atom stereocenters. The second-order valence-corrected chi connectivity index (χ2v) is 8.05. The van der Waals surface area contributed by atoms with E-state index in [2.05, 4.69) is 66.7 Å². The summed E-state index contributed by atoms with van der Waals surface area (Å²) >= 11 is 1.76. The van der Waals surface area contributed by atoms with Crippen LogP contribution in [0.1, 0.15) is 55.3 Å². The van der Waals surface area contributed by atoms with E-state index in [1.165, 1.54) is 22.7 Å². The maximum absolute atomic E-state index is 4.87. The molecule has 2 aromatic rings. The van der Waals surface area contributed by atoms with Crippen LogP contribution in [-0.4, -0.2) is 42.0 Å². The van der Waals surface area contributed by atoms with Crippen molar-refractivity contribution < 1.29 is 0 Å². The number of aromatic nitrogens is 1. The Kier molecular flexibility index (Phi) is 9.02. The molecule has 0 saturated carbocycles. The van der Waals surface area contributed by atoms with Crippen LogP contribution in [-0.2, 0) is 6.42 Å². The molecule has 2 heterocycles. The van der Waals surface area contributed by atoms with E-state index in [9.17, 15) is 0 Å². The molecule has 6 heteroatoms. The van der Waals surface area contributed by atoms with Crippen LogP contribution in [0.4, 0.5) is 0 Å². The van der Waals surface area contributed by atoms with Gasteiger partial charge in [0.15, 0.2) is 5.96 Å². The molecule has 1 aromatic heterocycles. The summed E-state index contributed by atoms with van der Waals surface area (Å²) in [5.41, 5.74) is 2.61. The summed E-state index contributed by atoms with van der Waals surface area (Å²) in [6.07, 6.45) is 2.10. The summed E-state index contributed by atoms with van der Waals surface area (Å²) in [7, 11) is 0. The molecule has 0 bridgehead atoms. The smallest absolute Gasteiger partial charge is 0.193 e. The SMILES string of the molecule is CCNC(=NCCc1csc(C(C)C)n1)N1CCC(c2ccccc2)C1.I. The molecule has 0 aliphatic carbocycles. The van der Waals surface area contributed by atoms with Gasteiger partial charge in [-0.3, -0.25) is 4.99 Å². The molecule has 1 saturated heterocycles. The number of rotatable bonds is 6. The predicted molar refractivity (Wildman–Crippen MR) is 127 cm³/mol. The van der Waals surface area contributed by atoms with Crippen molar-refractivity contribution >= 4 is 41.3 Å². The van der Waals surface area contributed by atoms with Crippen LogP contribution in [0.2, 0.25) is 0 Å². The Balaban J connectivity index is 0.00000261. The second-order valence-electron chi connectivity index (χ2n) is 7.16. The number of benzene rings is 1. The number of nitrogens with zero attached hydrogens (tertiary/aromatic N) is 3. The molecule has 3 rings (SSSR count). The second kappa shape index (κ2) is 11.0. The van der Waals surface area contributed by atoms with Gasteiger partial charge < -0.3 is 10.2 Å². The van der Waals surface area contributed by atoms with Crippen molar-refractivity contribution in [3.05, 3.63) is 52.0 Å². The largest absolute Gasteiger partial charge is 0.357 e. The van der Waals surface area contributed by atoms with Crippen molar-refractivity contribution in [2.24, 2.45) is 4.99 Å². The normalized spacial score (nSPS) is 17.3. The van der Waals surface area contributed by atoms with E-state index < -0.39 is 0 Å². The number of aliphatic imine (C=N–C) groups is 1. The third kappa shape index (κ3) is 6.17. The van der Waals surface area contributed by atoms with Crippen LogP contribution >= 0.6 is 35.3 Å². The lowest BCUT2D eigenvalue weighted by atomic mass is 9.99. The first kappa shape index (κ1) is 22.1. The number of hydrogen-bond donors (Lipinski definition) is 1. The number of thiazole rings is 1. The fourth-order valence-corrected chi connectivity index (χ4v) is 4.22. The average molecular weight is 498 g/mol. The molecule has 27 heavy (non-hydrogen) atoms. The third-order valence-corrected chi connectivity index (χ3v) is 5.98. The summed E-state index contributed by atoms with van der Waals surface area (Å²) in [5.74, 6) is 2.16. The molecule has 1 fully saturated rings. The Morgan fingerprint density at radius 1 is 1.33 bits per heavy atom. The highest BCUT2D eigenvalue weighted by Crippen LogP contribution is 2.27. The number of hydrogen-bond acceptors (Lipinski definition) is 3. The Bertz CT molecular complexity index is 714. The van der Waals surface area contributed by atoms with Crippen molar-refractivity contribution in [2.45, 2.75) is 45.4 Å². The fraction of sp³-hybridized carbons (Fsp3) is 0.524. The molecule has 148 valence electrons. The van der Waals surface area contributed by atoms with Gasteiger partial charge in [0.05, 0.1) is 10.7 Å². The molecule has 0 radical (unpaired) electrons. The molecule has 1 aliphatic heterocycles. The minimum absolute atomic E-state index is 0. The van der Waals surface area contributed by atoms with Gasteiger partial charge in [-0.25, -0.2) is 4.98 Å². The van der Waals surface area contributed by atoms with E-state index in [1.807, 2.05) is 0 Å². The first-order valence-electron chi connectivity index (χ1n) is 9.70. The van der Waals surface area contributed by atoms with Gasteiger partial charge in [-0.15, -0.1) is 35.3 Å². The molecule has 1 aliphatic rings. The van der Waals surface area contributed by atoms with Crippen molar-refractivity contribution in [2.75, 3.05) is 26.2 Å².